The highest BCUT2D eigenvalue weighted by atomic mass is 35.5. The summed E-state index contributed by atoms with van der Waals surface area (Å²) in [4.78, 5) is 24.5. The number of halogens is 1. The maximum atomic E-state index is 13.3. The predicted octanol–water partition coefficient (Wildman–Crippen LogP) is 4.08. The van der Waals surface area contributed by atoms with Crippen LogP contribution in [0, 0.1) is 0 Å². The van der Waals surface area contributed by atoms with Crippen molar-refractivity contribution in [1.82, 2.24) is 29.8 Å². The highest BCUT2D eigenvalue weighted by Gasteiger charge is 2.26. The lowest BCUT2D eigenvalue weighted by molar-refractivity contribution is 0.219. The van der Waals surface area contributed by atoms with Crippen LogP contribution >= 0.6 is 11.6 Å². The van der Waals surface area contributed by atoms with E-state index in [0.29, 0.717) is 35.7 Å². The Balaban J connectivity index is 1.36. The second-order valence-electron chi connectivity index (χ2n) is 9.09. The van der Waals surface area contributed by atoms with E-state index in [1.165, 1.54) is 0 Å². The summed E-state index contributed by atoms with van der Waals surface area (Å²) in [6, 6.07) is 9.75. The van der Waals surface area contributed by atoms with Gasteiger partial charge in [-0.05, 0) is 49.6 Å². The van der Waals surface area contributed by atoms with E-state index in [1.807, 2.05) is 24.3 Å². The summed E-state index contributed by atoms with van der Waals surface area (Å²) >= 11 is 6.06. The minimum absolute atomic E-state index is 0.0739. The molecule has 0 amide bonds. The Labute approximate surface area is 208 Å². The van der Waals surface area contributed by atoms with Gasteiger partial charge in [0, 0.05) is 54.7 Å². The third-order valence-corrected chi connectivity index (χ3v) is 6.85. The Bertz CT molecular complexity index is 1350. The van der Waals surface area contributed by atoms with Gasteiger partial charge in [0.25, 0.3) is 5.56 Å². The van der Waals surface area contributed by atoms with Crippen LogP contribution in [0.25, 0.3) is 10.8 Å². The Morgan fingerprint density at radius 1 is 1.14 bits per heavy atom. The first-order chi connectivity index (χ1) is 17.1. The molecule has 1 saturated heterocycles. The van der Waals surface area contributed by atoms with E-state index < -0.39 is 0 Å². The van der Waals surface area contributed by atoms with Crippen LogP contribution in [0.2, 0.25) is 5.02 Å². The molecule has 1 aromatic carbocycles. The quantitative estimate of drug-likeness (QED) is 0.347. The van der Waals surface area contributed by atoms with E-state index in [4.69, 9.17) is 21.2 Å². The van der Waals surface area contributed by atoms with Gasteiger partial charge in [-0.2, -0.15) is 10.1 Å². The van der Waals surface area contributed by atoms with Crippen LogP contribution in [-0.4, -0.2) is 48.9 Å². The normalized spacial score (nSPS) is 16.3. The summed E-state index contributed by atoms with van der Waals surface area (Å²) in [7, 11) is 0. The number of rotatable bonds is 9. The summed E-state index contributed by atoms with van der Waals surface area (Å²) in [6.45, 7) is 4.47. The zero-order valence-corrected chi connectivity index (χ0v) is 20.6. The van der Waals surface area contributed by atoms with Crippen molar-refractivity contribution in [2.45, 2.75) is 58.0 Å². The maximum absolute atomic E-state index is 13.3. The van der Waals surface area contributed by atoms with Gasteiger partial charge in [0.1, 0.15) is 0 Å². The molecule has 3 aromatic heterocycles. The molecule has 0 bridgehead atoms. The number of pyridine rings is 1. The van der Waals surface area contributed by atoms with Gasteiger partial charge < -0.3 is 4.52 Å². The van der Waals surface area contributed by atoms with Crippen molar-refractivity contribution < 1.29 is 4.52 Å². The lowest BCUT2D eigenvalue weighted by atomic mass is 10.1. The van der Waals surface area contributed by atoms with Crippen molar-refractivity contribution in [3.05, 3.63) is 81.1 Å². The molecule has 1 atom stereocenters. The molecule has 35 heavy (non-hydrogen) atoms. The van der Waals surface area contributed by atoms with E-state index in [9.17, 15) is 4.79 Å². The number of aryl methyl sites for hydroxylation is 1. The van der Waals surface area contributed by atoms with Gasteiger partial charge in [-0.25, -0.2) is 4.68 Å². The summed E-state index contributed by atoms with van der Waals surface area (Å²) in [5.74, 6) is 1.45. The zero-order valence-electron chi connectivity index (χ0n) is 19.9. The highest BCUT2D eigenvalue weighted by Crippen LogP contribution is 2.21. The van der Waals surface area contributed by atoms with Gasteiger partial charge in [0.15, 0.2) is 5.82 Å². The van der Waals surface area contributed by atoms with Crippen LogP contribution in [0.3, 0.4) is 0 Å². The number of benzene rings is 1. The molecule has 182 valence electrons. The second kappa shape index (κ2) is 10.7. The third-order valence-electron chi connectivity index (χ3n) is 6.60. The zero-order chi connectivity index (χ0) is 24.2. The van der Waals surface area contributed by atoms with Crippen LogP contribution in [0.15, 0.2) is 52.0 Å². The van der Waals surface area contributed by atoms with Gasteiger partial charge >= 0.3 is 0 Å². The van der Waals surface area contributed by atoms with E-state index >= 15 is 0 Å². The fraction of sp³-hybridized carbons (Fsp3) is 0.423. The number of aromatic nitrogens is 5. The summed E-state index contributed by atoms with van der Waals surface area (Å²) in [6.07, 6.45) is 8.67. The molecule has 5 rings (SSSR count). The van der Waals surface area contributed by atoms with E-state index in [1.54, 1.807) is 23.1 Å². The number of nitrogens with zero attached hydrogens (tertiary/aromatic N) is 6. The molecule has 0 spiro atoms. The van der Waals surface area contributed by atoms with E-state index in [2.05, 4.69) is 26.9 Å². The molecule has 1 fully saturated rings. The standard InChI is InChI=1S/C26H29ClN6O2/c1-2-4-24-29-25(35-31-24)11-14-32-13-3-5-20(32)17-33-26(34)21-10-12-28-16-22(21)23(30-33)15-18-6-8-19(27)9-7-18/h6-10,12,16,20H,2-5,11,13-15,17H2,1H3/t20-/m1/s1. The van der Waals surface area contributed by atoms with Gasteiger partial charge in [-0.15, -0.1) is 0 Å². The molecule has 0 aliphatic carbocycles. The van der Waals surface area contributed by atoms with Crippen molar-refractivity contribution in [3.8, 4) is 0 Å². The molecule has 0 saturated carbocycles. The lowest BCUT2D eigenvalue weighted by Crippen LogP contribution is -2.38. The van der Waals surface area contributed by atoms with Gasteiger partial charge in [-0.3, -0.25) is 14.7 Å². The molecule has 1 aliphatic heterocycles. The molecular weight excluding hydrogens is 464 g/mol. The summed E-state index contributed by atoms with van der Waals surface area (Å²) < 4.78 is 7.05. The predicted molar refractivity (Wildman–Crippen MR) is 135 cm³/mol. The van der Waals surface area contributed by atoms with E-state index in [0.717, 1.165) is 61.2 Å². The first-order valence-electron chi connectivity index (χ1n) is 12.2. The largest absolute Gasteiger partial charge is 0.339 e. The van der Waals surface area contributed by atoms with Gasteiger partial charge in [0.05, 0.1) is 17.6 Å². The number of hydrogen-bond donors (Lipinski definition) is 0. The second-order valence-corrected chi connectivity index (χ2v) is 9.53. The Hall–Kier alpha value is -3.10. The van der Waals surface area contributed by atoms with Crippen LogP contribution < -0.4 is 5.56 Å². The lowest BCUT2D eigenvalue weighted by Gasteiger charge is -2.24. The third kappa shape index (κ3) is 5.44. The first kappa shape index (κ1) is 23.6. The van der Waals surface area contributed by atoms with Crippen LogP contribution in [-0.2, 0) is 25.8 Å². The monoisotopic (exact) mass is 492 g/mol. The molecular formula is C26H29ClN6O2. The minimum atomic E-state index is -0.0739. The number of likely N-dealkylation sites (tertiary alicyclic amines) is 1. The average molecular weight is 493 g/mol. The molecule has 4 aromatic rings. The Morgan fingerprint density at radius 2 is 2.00 bits per heavy atom. The van der Waals surface area contributed by atoms with Crippen LogP contribution in [0.1, 0.15) is 49.2 Å². The average Bonchev–Trinajstić information content (AvgIpc) is 3.51. The topological polar surface area (TPSA) is 89.9 Å². The van der Waals surface area contributed by atoms with Crippen molar-refractivity contribution in [2.75, 3.05) is 13.1 Å². The molecule has 1 aliphatic rings. The van der Waals surface area contributed by atoms with Crippen LogP contribution in [0.5, 0.6) is 0 Å². The Kier molecular flexibility index (Phi) is 7.20. The molecule has 0 N–H and O–H groups in total. The number of fused-ring (bicyclic) bond motifs is 1. The van der Waals surface area contributed by atoms with Crippen molar-refractivity contribution in [3.63, 3.8) is 0 Å². The number of hydrogen-bond acceptors (Lipinski definition) is 7. The molecule has 0 radical (unpaired) electrons. The summed E-state index contributed by atoms with van der Waals surface area (Å²) in [5, 5.41) is 11.0. The fourth-order valence-electron chi connectivity index (χ4n) is 4.80. The van der Waals surface area contributed by atoms with Crippen LogP contribution in [0.4, 0.5) is 0 Å². The van der Waals surface area contributed by atoms with Gasteiger partial charge in [0.2, 0.25) is 5.89 Å². The molecule has 4 heterocycles. The van der Waals surface area contributed by atoms with Crippen molar-refractivity contribution in [2.24, 2.45) is 0 Å². The molecule has 0 unspecified atom stereocenters. The minimum Gasteiger partial charge on any atom is -0.339 e. The van der Waals surface area contributed by atoms with Crippen molar-refractivity contribution in [1.29, 1.82) is 0 Å². The Morgan fingerprint density at radius 3 is 2.83 bits per heavy atom. The summed E-state index contributed by atoms with van der Waals surface area (Å²) in [5.41, 5.74) is 1.85. The maximum Gasteiger partial charge on any atom is 0.274 e. The molecule has 9 heteroatoms. The molecule has 8 nitrogen and oxygen atoms in total. The van der Waals surface area contributed by atoms with Gasteiger partial charge in [-0.1, -0.05) is 35.8 Å². The first-order valence-corrected chi connectivity index (χ1v) is 12.6. The highest BCUT2D eigenvalue weighted by molar-refractivity contribution is 6.30. The fourth-order valence-corrected chi connectivity index (χ4v) is 4.92. The van der Waals surface area contributed by atoms with E-state index in [-0.39, 0.29) is 11.6 Å². The SMILES string of the molecule is CCCc1noc(CCN2CCC[C@@H]2Cn2nc(Cc3ccc(Cl)cc3)c3cnccc3c2=O)n1. The smallest absolute Gasteiger partial charge is 0.274 e. The van der Waals surface area contributed by atoms with Crippen molar-refractivity contribution >= 4 is 22.4 Å².